The first-order chi connectivity index (χ1) is 20.0. The fourth-order valence-electron chi connectivity index (χ4n) is 7.39. The highest BCUT2D eigenvalue weighted by molar-refractivity contribution is 5.40. The van der Waals surface area contributed by atoms with Crippen molar-refractivity contribution in [3.63, 3.8) is 0 Å². The van der Waals surface area contributed by atoms with Crippen molar-refractivity contribution in [2.75, 3.05) is 0 Å². The van der Waals surface area contributed by atoms with Crippen molar-refractivity contribution in [2.45, 2.75) is 131 Å². The van der Waals surface area contributed by atoms with Crippen LogP contribution in [-0.2, 0) is 4.74 Å². The van der Waals surface area contributed by atoms with Crippen LogP contribution < -0.4 is 0 Å². The van der Waals surface area contributed by atoms with Crippen LogP contribution in [0.1, 0.15) is 108 Å². The van der Waals surface area contributed by atoms with Gasteiger partial charge in [0.25, 0.3) is 0 Å². The summed E-state index contributed by atoms with van der Waals surface area (Å²) in [6, 6.07) is 0. The third kappa shape index (κ3) is 9.20. The summed E-state index contributed by atoms with van der Waals surface area (Å²) >= 11 is 0. The van der Waals surface area contributed by atoms with Crippen molar-refractivity contribution in [2.24, 2.45) is 34.5 Å². The maximum atomic E-state index is 10.3. The zero-order valence-electron chi connectivity index (χ0n) is 28.8. The molecule has 0 bridgehead atoms. The van der Waals surface area contributed by atoms with E-state index in [9.17, 15) is 10.2 Å². The molecule has 0 radical (unpaired) electrons. The van der Waals surface area contributed by atoms with Crippen LogP contribution in [0.2, 0.25) is 0 Å². The molecule has 2 aliphatic carbocycles. The Bertz CT molecular complexity index is 1200. The fourth-order valence-corrected chi connectivity index (χ4v) is 7.39. The van der Waals surface area contributed by atoms with E-state index in [0.29, 0.717) is 23.7 Å². The minimum atomic E-state index is -0.271. The standard InChI is InChI=1S/C40H60O3/c1-29(17-13-19-31(3)21-22-36-33(5)25-34(41)26-37(36,6)7)15-11-12-16-30(2)18-14-20-32(4)23-24-40-38(8,9)27-35(42)28-39(40,10)43-40/h11-18,23-24,29-32,34-35,41-42H,19-20,25-28H2,1-10H3/b15-11+,16-12+,17-13+,18-14+,24-23+/t29?,30?,31?,32?,34-,35+,39-,40+/m1/s1. The van der Waals surface area contributed by atoms with Gasteiger partial charge in [0.2, 0.25) is 0 Å². The minimum Gasteiger partial charge on any atom is -0.393 e. The molecule has 2 fully saturated rings. The Hall–Kier alpha value is -2.12. The van der Waals surface area contributed by atoms with E-state index >= 15 is 0 Å². The molecule has 4 unspecified atom stereocenters. The van der Waals surface area contributed by atoms with Crippen LogP contribution in [0.15, 0.2) is 71.9 Å². The highest BCUT2D eigenvalue weighted by Crippen LogP contribution is 2.66. The number of rotatable bonds is 11. The number of hydrogen-bond acceptors (Lipinski definition) is 3. The van der Waals surface area contributed by atoms with Gasteiger partial charge in [-0.2, -0.15) is 0 Å². The molecule has 0 aromatic rings. The number of allylic oxidation sites excluding steroid dienone is 10. The molecule has 43 heavy (non-hydrogen) atoms. The number of ether oxygens (including phenoxy) is 1. The third-order valence-electron chi connectivity index (χ3n) is 9.82. The number of fused-ring (bicyclic) bond motifs is 1. The Labute approximate surface area is 264 Å². The van der Waals surface area contributed by atoms with Crippen molar-refractivity contribution in [3.05, 3.63) is 71.9 Å². The van der Waals surface area contributed by atoms with E-state index in [2.05, 4.69) is 142 Å². The number of aliphatic hydroxyl groups excluding tert-OH is 2. The Morgan fingerprint density at radius 3 is 2.00 bits per heavy atom. The SMILES string of the molecule is CC1=C(C#CC(C)C/C=C/C(C)/C=C/C=C/C(C)/C=C/CC(C)/C=C/[C@@]23O[C@]2(C)C[C@@H](O)CC3(C)C)C(C)(C)C[C@H](O)C1. The third-order valence-corrected chi connectivity index (χ3v) is 9.82. The number of hydrogen-bond donors (Lipinski definition) is 2. The van der Waals surface area contributed by atoms with Gasteiger partial charge in [-0.1, -0.05) is 134 Å². The van der Waals surface area contributed by atoms with E-state index in [-0.39, 0.29) is 34.2 Å². The zero-order valence-corrected chi connectivity index (χ0v) is 28.8. The van der Waals surface area contributed by atoms with Gasteiger partial charge in [-0.3, -0.25) is 0 Å². The van der Waals surface area contributed by atoms with Gasteiger partial charge in [-0.15, -0.1) is 0 Å². The second-order valence-electron chi connectivity index (χ2n) is 15.4. The summed E-state index contributed by atoms with van der Waals surface area (Å²) in [6.45, 7) is 22.0. The van der Waals surface area contributed by atoms with Crippen molar-refractivity contribution < 1.29 is 14.9 Å². The lowest BCUT2D eigenvalue weighted by molar-refractivity contribution is 0.0513. The monoisotopic (exact) mass is 588 g/mol. The Balaban J connectivity index is 1.39. The lowest BCUT2D eigenvalue weighted by Gasteiger charge is -2.39. The first kappa shape index (κ1) is 35.4. The molecule has 8 atom stereocenters. The molecule has 0 aromatic heterocycles. The molecule has 3 rings (SSSR count). The normalized spacial score (nSPS) is 33.2. The average molecular weight is 589 g/mol. The van der Waals surface area contributed by atoms with Gasteiger partial charge in [0.15, 0.2) is 0 Å². The first-order valence-corrected chi connectivity index (χ1v) is 16.7. The lowest BCUT2D eigenvalue weighted by atomic mass is 9.63. The highest BCUT2D eigenvalue weighted by atomic mass is 16.6. The Morgan fingerprint density at radius 2 is 1.42 bits per heavy atom. The molecule has 2 N–H and O–H groups in total. The smallest absolute Gasteiger partial charge is 0.121 e. The highest BCUT2D eigenvalue weighted by Gasteiger charge is 2.74. The number of epoxide rings is 1. The lowest BCUT2D eigenvalue weighted by Crippen LogP contribution is -2.46. The van der Waals surface area contributed by atoms with E-state index < -0.39 is 0 Å². The Kier molecular flexibility index (Phi) is 11.8. The molecule has 0 aromatic carbocycles. The molecular formula is C40H60O3. The maximum Gasteiger partial charge on any atom is 0.121 e. The van der Waals surface area contributed by atoms with Gasteiger partial charge >= 0.3 is 0 Å². The molecule has 0 spiro atoms. The van der Waals surface area contributed by atoms with Gasteiger partial charge < -0.3 is 14.9 Å². The molecule has 1 saturated heterocycles. The van der Waals surface area contributed by atoms with E-state index in [0.717, 1.165) is 38.5 Å². The molecular weight excluding hydrogens is 528 g/mol. The first-order valence-electron chi connectivity index (χ1n) is 16.7. The predicted molar refractivity (Wildman–Crippen MR) is 182 cm³/mol. The van der Waals surface area contributed by atoms with Gasteiger partial charge in [0, 0.05) is 28.7 Å². The van der Waals surface area contributed by atoms with Gasteiger partial charge in [0.05, 0.1) is 12.2 Å². The molecule has 1 aliphatic heterocycles. The molecule has 3 nitrogen and oxygen atoms in total. The summed E-state index contributed by atoms with van der Waals surface area (Å²) < 4.78 is 6.28. The van der Waals surface area contributed by atoms with Crippen LogP contribution in [0.5, 0.6) is 0 Å². The fraction of sp³-hybridized carbons (Fsp3) is 0.650. The van der Waals surface area contributed by atoms with Crippen molar-refractivity contribution >= 4 is 0 Å². The largest absolute Gasteiger partial charge is 0.393 e. The molecule has 3 aliphatic rings. The van der Waals surface area contributed by atoms with Crippen molar-refractivity contribution in [1.82, 2.24) is 0 Å². The van der Waals surface area contributed by atoms with Gasteiger partial charge in [-0.25, -0.2) is 0 Å². The van der Waals surface area contributed by atoms with E-state index in [4.69, 9.17) is 4.74 Å². The summed E-state index contributed by atoms with van der Waals surface area (Å²) in [5.41, 5.74) is 1.87. The Morgan fingerprint density at radius 1 is 0.814 bits per heavy atom. The number of aliphatic hydroxyl groups is 2. The summed E-state index contributed by atoms with van der Waals surface area (Å²) in [5, 5.41) is 20.4. The molecule has 3 heteroatoms. The van der Waals surface area contributed by atoms with E-state index in [1.165, 1.54) is 11.1 Å². The van der Waals surface area contributed by atoms with Crippen LogP contribution in [0.25, 0.3) is 0 Å². The van der Waals surface area contributed by atoms with E-state index in [1.54, 1.807) is 0 Å². The summed E-state index contributed by atoms with van der Waals surface area (Å²) in [6.07, 6.45) is 26.9. The summed E-state index contributed by atoms with van der Waals surface area (Å²) in [4.78, 5) is 0. The zero-order chi connectivity index (χ0) is 32.1. The second-order valence-corrected chi connectivity index (χ2v) is 15.4. The van der Waals surface area contributed by atoms with E-state index in [1.807, 2.05) is 0 Å². The molecule has 1 heterocycles. The quantitative estimate of drug-likeness (QED) is 0.109. The van der Waals surface area contributed by atoms with Gasteiger partial charge in [0.1, 0.15) is 11.2 Å². The van der Waals surface area contributed by atoms with Crippen molar-refractivity contribution in [1.29, 1.82) is 0 Å². The van der Waals surface area contributed by atoms with Crippen molar-refractivity contribution in [3.8, 4) is 11.8 Å². The predicted octanol–water partition coefficient (Wildman–Crippen LogP) is 9.30. The van der Waals surface area contributed by atoms with Crippen LogP contribution in [0.4, 0.5) is 0 Å². The molecule has 238 valence electrons. The summed E-state index contributed by atoms with van der Waals surface area (Å²) in [5.74, 6) is 8.41. The topological polar surface area (TPSA) is 53.0 Å². The van der Waals surface area contributed by atoms with Crippen LogP contribution in [0, 0.1) is 46.3 Å². The minimum absolute atomic E-state index is 0.0484. The van der Waals surface area contributed by atoms with Crippen LogP contribution in [-0.4, -0.2) is 33.6 Å². The van der Waals surface area contributed by atoms with Crippen LogP contribution >= 0.6 is 0 Å². The molecule has 1 saturated carbocycles. The molecule has 0 amide bonds. The second kappa shape index (κ2) is 14.3. The average Bonchev–Trinajstić information content (AvgIpc) is 3.49. The maximum absolute atomic E-state index is 10.3. The van der Waals surface area contributed by atoms with Crippen LogP contribution in [0.3, 0.4) is 0 Å². The van der Waals surface area contributed by atoms with Gasteiger partial charge in [-0.05, 0) is 63.7 Å². The summed E-state index contributed by atoms with van der Waals surface area (Å²) in [7, 11) is 0.